The lowest BCUT2D eigenvalue weighted by molar-refractivity contribution is 0.156. The molecule has 2 atom stereocenters. The molecule has 2 bridgehead atoms. The van der Waals surface area contributed by atoms with Crippen LogP contribution in [0.25, 0.3) is 0 Å². The van der Waals surface area contributed by atoms with Gasteiger partial charge in [-0.1, -0.05) is 0 Å². The van der Waals surface area contributed by atoms with Crippen LogP contribution >= 0.6 is 0 Å². The van der Waals surface area contributed by atoms with Crippen LogP contribution in [0.1, 0.15) is 37.0 Å². The summed E-state index contributed by atoms with van der Waals surface area (Å²) in [4.78, 5) is 2.47. The summed E-state index contributed by atoms with van der Waals surface area (Å²) < 4.78 is 5.54. The first-order valence-corrected chi connectivity index (χ1v) is 6.71. The molecule has 0 spiro atoms. The smallest absolute Gasteiger partial charge is 0.120 e. The van der Waals surface area contributed by atoms with Gasteiger partial charge in [0.2, 0.25) is 0 Å². The highest BCUT2D eigenvalue weighted by Crippen LogP contribution is 2.30. The quantitative estimate of drug-likeness (QED) is 0.870. The van der Waals surface area contributed by atoms with Gasteiger partial charge in [0, 0.05) is 18.1 Å². The van der Waals surface area contributed by atoms with Crippen LogP contribution in [0.3, 0.4) is 0 Å². The average Bonchev–Trinajstić information content (AvgIpc) is 2.86. The third-order valence-electron chi connectivity index (χ3n) is 4.43. The van der Waals surface area contributed by atoms with Gasteiger partial charge in [0.25, 0.3) is 0 Å². The van der Waals surface area contributed by atoms with Gasteiger partial charge < -0.3 is 9.73 Å². The summed E-state index contributed by atoms with van der Waals surface area (Å²) in [5.41, 5.74) is 1.27. The van der Waals surface area contributed by atoms with Gasteiger partial charge >= 0.3 is 0 Å². The largest absolute Gasteiger partial charge is 0.468 e. The van der Waals surface area contributed by atoms with E-state index in [0.717, 1.165) is 30.4 Å². The predicted octanol–water partition coefficient (Wildman–Crippen LogP) is 2.30. The van der Waals surface area contributed by atoms with E-state index in [1.54, 1.807) is 6.26 Å². The van der Waals surface area contributed by atoms with Crippen LogP contribution in [0, 0.1) is 6.92 Å². The Balaban J connectivity index is 1.63. The Kier molecular flexibility index (Phi) is 2.97. The molecule has 0 amide bonds. The summed E-state index contributed by atoms with van der Waals surface area (Å²) in [7, 11) is 2.23. The van der Waals surface area contributed by atoms with Crippen molar-refractivity contribution in [2.75, 3.05) is 7.05 Å². The fraction of sp³-hybridized carbons (Fsp3) is 0.714. The van der Waals surface area contributed by atoms with Gasteiger partial charge in [-0.2, -0.15) is 0 Å². The molecule has 3 heteroatoms. The van der Waals surface area contributed by atoms with Gasteiger partial charge in [0.15, 0.2) is 0 Å². The zero-order valence-corrected chi connectivity index (χ0v) is 10.8. The standard InChI is InChI=1S/C14H22N2O/c1-10-5-6-17-14(10)9-16(2)13-7-11-3-4-12(8-13)15-11/h5-6,11-13,15H,3-4,7-9H2,1-2H3. The molecule has 2 unspecified atom stereocenters. The highest BCUT2D eigenvalue weighted by molar-refractivity contribution is 5.14. The summed E-state index contributed by atoms with van der Waals surface area (Å²) in [5.74, 6) is 1.12. The third kappa shape index (κ3) is 2.26. The number of aryl methyl sites for hydroxylation is 1. The van der Waals surface area contributed by atoms with Crippen LogP contribution in [0.2, 0.25) is 0 Å². The Morgan fingerprint density at radius 3 is 2.65 bits per heavy atom. The molecule has 2 aliphatic heterocycles. The first kappa shape index (κ1) is 11.3. The zero-order chi connectivity index (χ0) is 11.8. The monoisotopic (exact) mass is 234 g/mol. The topological polar surface area (TPSA) is 28.4 Å². The molecular weight excluding hydrogens is 212 g/mol. The van der Waals surface area contributed by atoms with Crippen molar-refractivity contribution in [1.82, 2.24) is 10.2 Å². The minimum atomic E-state index is 0.721. The summed E-state index contributed by atoms with van der Waals surface area (Å²) in [5, 5.41) is 3.70. The Morgan fingerprint density at radius 2 is 2.06 bits per heavy atom. The number of hydrogen-bond acceptors (Lipinski definition) is 3. The van der Waals surface area contributed by atoms with E-state index >= 15 is 0 Å². The summed E-state index contributed by atoms with van der Waals surface area (Å²) in [6.07, 6.45) is 7.13. The molecule has 3 rings (SSSR count). The maximum Gasteiger partial charge on any atom is 0.120 e. The summed E-state index contributed by atoms with van der Waals surface area (Å²) >= 11 is 0. The Labute approximate surface area is 103 Å². The highest BCUT2D eigenvalue weighted by Gasteiger charge is 2.35. The maximum atomic E-state index is 5.54. The van der Waals surface area contributed by atoms with Crippen molar-refractivity contribution in [2.24, 2.45) is 0 Å². The number of fused-ring (bicyclic) bond motifs is 2. The lowest BCUT2D eigenvalue weighted by Crippen LogP contribution is -2.46. The molecule has 1 aromatic rings. The van der Waals surface area contributed by atoms with Gasteiger partial charge in [-0.15, -0.1) is 0 Å². The minimum absolute atomic E-state index is 0.721. The normalized spacial score (nSPS) is 32.3. The second kappa shape index (κ2) is 4.46. The molecule has 0 radical (unpaired) electrons. The van der Waals surface area contributed by atoms with Crippen LogP contribution in [0.15, 0.2) is 16.7 Å². The molecule has 0 aliphatic carbocycles. The van der Waals surface area contributed by atoms with E-state index in [-0.39, 0.29) is 0 Å². The number of furan rings is 1. The molecule has 94 valence electrons. The fourth-order valence-electron chi connectivity index (χ4n) is 3.31. The number of nitrogens with one attached hydrogen (secondary N) is 1. The molecule has 1 N–H and O–H groups in total. The SMILES string of the molecule is Cc1ccoc1CN(C)C1CC2CCC(C1)N2. The van der Waals surface area contributed by atoms with E-state index < -0.39 is 0 Å². The van der Waals surface area contributed by atoms with Crippen molar-refractivity contribution in [3.8, 4) is 0 Å². The van der Waals surface area contributed by atoms with Crippen molar-refractivity contribution in [3.63, 3.8) is 0 Å². The molecular formula is C14H22N2O. The van der Waals surface area contributed by atoms with Gasteiger partial charge in [-0.3, -0.25) is 4.90 Å². The van der Waals surface area contributed by atoms with Crippen molar-refractivity contribution < 1.29 is 4.42 Å². The molecule has 1 aromatic heterocycles. The van der Waals surface area contributed by atoms with E-state index in [4.69, 9.17) is 4.42 Å². The van der Waals surface area contributed by atoms with Crippen molar-refractivity contribution in [1.29, 1.82) is 0 Å². The number of rotatable bonds is 3. The van der Waals surface area contributed by atoms with Crippen LogP contribution < -0.4 is 5.32 Å². The van der Waals surface area contributed by atoms with E-state index in [2.05, 4.69) is 30.3 Å². The molecule has 0 aromatic carbocycles. The van der Waals surface area contributed by atoms with Gasteiger partial charge in [-0.25, -0.2) is 0 Å². The first-order chi connectivity index (χ1) is 8.22. The number of piperidine rings is 1. The number of hydrogen-bond donors (Lipinski definition) is 1. The molecule has 3 nitrogen and oxygen atoms in total. The Bertz CT molecular complexity index is 375. The Hall–Kier alpha value is -0.800. The molecule has 2 aliphatic rings. The third-order valence-corrected chi connectivity index (χ3v) is 4.43. The Morgan fingerprint density at radius 1 is 1.35 bits per heavy atom. The molecule has 3 heterocycles. The average molecular weight is 234 g/mol. The molecule has 2 saturated heterocycles. The second-order valence-corrected chi connectivity index (χ2v) is 5.70. The predicted molar refractivity (Wildman–Crippen MR) is 67.9 cm³/mol. The van der Waals surface area contributed by atoms with Crippen LogP contribution in [-0.4, -0.2) is 30.1 Å². The molecule has 17 heavy (non-hydrogen) atoms. The van der Waals surface area contributed by atoms with Crippen LogP contribution in [0.4, 0.5) is 0 Å². The van der Waals surface area contributed by atoms with E-state index in [1.165, 1.54) is 31.2 Å². The van der Waals surface area contributed by atoms with Crippen molar-refractivity contribution >= 4 is 0 Å². The first-order valence-electron chi connectivity index (χ1n) is 6.71. The van der Waals surface area contributed by atoms with Crippen LogP contribution in [-0.2, 0) is 6.54 Å². The summed E-state index contributed by atoms with van der Waals surface area (Å²) in [6.45, 7) is 3.07. The second-order valence-electron chi connectivity index (χ2n) is 5.70. The van der Waals surface area contributed by atoms with Crippen LogP contribution in [0.5, 0.6) is 0 Å². The highest BCUT2D eigenvalue weighted by atomic mass is 16.3. The van der Waals surface area contributed by atoms with E-state index in [1.807, 2.05) is 0 Å². The number of nitrogens with zero attached hydrogens (tertiary/aromatic N) is 1. The van der Waals surface area contributed by atoms with Crippen molar-refractivity contribution in [2.45, 2.75) is 57.3 Å². The molecule has 0 saturated carbocycles. The van der Waals surface area contributed by atoms with Gasteiger partial charge in [-0.05, 0) is 51.3 Å². The lowest BCUT2D eigenvalue weighted by atomic mass is 9.98. The maximum absolute atomic E-state index is 5.54. The van der Waals surface area contributed by atoms with Gasteiger partial charge in [0.05, 0.1) is 12.8 Å². The zero-order valence-electron chi connectivity index (χ0n) is 10.8. The van der Waals surface area contributed by atoms with E-state index in [9.17, 15) is 0 Å². The van der Waals surface area contributed by atoms with Gasteiger partial charge in [0.1, 0.15) is 5.76 Å². The minimum Gasteiger partial charge on any atom is -0.468 e. The fourth-order valence-corrected chi connectivity index (χ4v) is 3.31. The van der Waals surface area contributed by atoms with Crippen molar-refractivity contribution in [3.05, 3.63) is 23.7 Å². The lowest BCUT2D eigenvalue weighted by Gasteiger charge is -2.35. The molecule has 2 fully saturated rings. The van der Waals surface area contributed by atoms with E-state index in [0.29, 0.717) is 0 Å². The summed E-state index contributed by atoms with van der Waals surface area (Å²) in [6, 6.07) is 4.30.